The molecule has 1 aromatic carbocycles. The molecule has 2 heterocycles. The van der Waals surface area contributed by atoms with Gasteiger partial charge in [-0.1, -0.05) is 18.5 Å². The van der Waals surface area contributed by atoms with Crippen molar-refractivity contribution in [3.63, 3.8) is 0 Å². The van der Waals surface area contributed by atoms with Gasteiger partial charge in [0.2, 0.25) is 0 Å². The van der Waals surface area contributed by atoms with Gasteiger partial charge < -0.3 is 10.2 Å². The number of nitrogens with one attached hydrogen (secondary N) is 1. The maximum absolute atomic E-state index is 13.6. The Labute approximate surface area is 139 Å². The molecule has 0 saturated carbocycles. The Bertz CT molecular complexity index is 638. The van der Waals surface area contributed by atoms with Crippen LogP contribution in [0.3, 0.4) is 0 Å². The number of hydrogen-bond acceptors (Lipinski definition) is 4. The van der Waals surface area contributed by atoms with Crippen molar-refractivity contribution in [2.24, 2.45) is 5.92 Å². The van der Waals surface area contributed by atoms with E-state index in [1.165, 1.54) is 30.2 Å². The molecule has 0 amide bonds. The number of nitrogens with zero attached hydrogens (tertiary/aromatic N) is 2. The molecule has 1 aliphatic heterocycles. The van der Waals surface area contributed by atoms with Crippen molar-refractivity contribution in [2.45, 2.75) is 26.3 Å². The smallest absolute Gasteiger partial charge is 0.183 e. The number of rotatable bonds is 4. The fourth-order valence-corrected chi connectivity index (χ4v) is 3.64. The largest absolute Gasteiger partial charge is 0.378 e. The minimum Gasteiger partial charge on any atom is -0.378 e. The van der Waals surface area contributed by atoms with E-state index in [0.29, 0.717) is 11.0 Å². The molecule has 1 N–H and O–H groups in total. The first kappa shape index (κ1) is 15.6. The van der Waals surface area contributed by atoms with Crippen molar-refractivity contribution < 1.29 is 4.39 Å². The van der Waals surface area contributed by atoms with E-state index in [-0.39, 0.29) is 5.82 Å². The zero-order valence-corrected chi connectivity index (χ0v) is 14.1. The van der Waals surface area contributed by atoms with Crippen LogP contribution in [0, 0.1) is 11.7 Å². The molecule has 118 valence electrons. The van der Waals surface area contributed by atoms with Crippen LogP contribution < -0.4 is 10.2 Å². The van der Waals surface area contributed by atoms with E-state index < -0.39 is 0 Å². The van der Waals surface area contributed by atoms with E-state index >= 15 is 0 Å². The Morgan fingerprint density at radius 1 is 1.41 bits per heavy atom. The lowest BCUT2D eigenvalue weighted by Gasteiger charge is -2.33. The molecule has 0 bridgehead atoms. The highest BCUT2D eigenvalue weighted by Crippen LogP contribution is 2.31. The summed E-state index contributed by atoms with van der Waals surface area (Å²) in [6.07, 6.45) is 4.12. The van der Waals surface area contributed by atoms with Crippen LogP contribution in [0.2, 0.25) is 4.47 Å². The summed E-state index contributed by atoms with van der Waals surface area (Å²) >= 11 is 7.28. The number of hydrogen-bond donors (Lipinski definition) is 1. The van der Waals surface area contributed by atoms with Crippen molar-refractivity contribution >= 4 is 34.3 Å². The van der Waals surface area contributed by atoms with Crippen LogP contribution in [-0.2, 0) is 6.54 Å². The van der Waals surface area contributed by atoms with Gasteiger partial charge in [-0.05, 0) is 37.0 Å². The normalized spacial score (nSPS) is 16.0. The van der Waals surface area contributed by atoms with Crippen molar-refractivity contribution in [1.29, 1.82) is 0 Å². The number of benzene rings is 1. The van der Waals surface area contributed by atoms with Gasteiger partial charge in [-0.2, -0.15) is 0 Å². The second-order valence-corrected chi connectivity index (χ2v) is 7.46. The molecule has 6 heteroatoms. The van der Waals surface area contributed by atoms with Crippen LogP contribution in [0.4, 0.5) is 15.8 Å². The van der Waals surface area contributed by atoms with Gasteiger partial charge in [-0.3, -0.25) is 0 Å². The molecule has 0 spiro atoms. The van der Waals surface area contributed by atoms with Crippen LogP contribution in [-0.4, -0.2) is 18.1 Å². The highest BCUT2D eigenvalue weighted by Gasteiger charge is 2.18. The molecule has 3 rings (SSSR count). The third kappa shape index (κ3) is 3.70. The van der Waals surface area contributed by atoms with Crippen LogP contribution in [0.15, 0.2) is 24.4 Å². The van der Waals surface area contributed by atoms with Crippen molar-refractivity contribution in [2.75, 3.05) is 23.3 Å². The van der Waals surface area contributed by atoms with Crippen molar-refractivity contribution in [3.05, 3.63) is 39.6 Å². The molecule has 1 aromatic heterocycles. The predicted octanol–water partition coefficient (Wildman–Crippen LogP) is 4.78. The number of piperidine rings is 1. The van der Waals surface area contributed by atoms with Gasteiger partial charge in [0.1, 0.15) is 5.82 Å². The van der Waals surface area contributed by atoms with E-state index in [2.05, 4.69) is 22.1 Å². The highest BCUT2D eigenvalue weighted by atomic mass is 35.5. The number of halogens is 2. The van der Waals surface area contributed by atoms with Gasteiger partial charge >= 0.3 is 0 Å². The predicted molar refractivity (Wildman–Crippen MR) is 91.5 cm³/mol. The van der Waals surface area contributed by atoms with Gasteiger partial charge in [-0.25, -0.2) is 9.37 Å². The zero-order chi connectivity index (χ0) is 15.5. The minimum atomic E-state index is -0.223. The van der Waals surface area contributed by atoms with Gasteiger partial charge in [0.25, 0.3) is 0 Å². The Morgan fingerprint density at radius 2 is 2.18 bits per heavy atom. The van der Waals surface area contributed by atoms with Crippen molar-refractivity contribution in [3.8, 4) is 0 Å². The van der Waals surface area contributed by atoms with Crippen molar-refractivity contribution in [1.82, 2.24) is 4.98 Å². The summed E-state index contributed by atoms with van der Waals surface area (Å²) in [6, 6.07) is 4.96. The third-order valence-electron chi connectivity index (χ3n) is 4.06. The molecular weight excluding hydrogens is 321 g/mol. The number of aromatic nitrogens is 1. The Balaban J connectivity index is 1.75. The first-order chi connectivity index (χ1) is 10.6. The summed E-state index contributed by atoms with van der Waals surface area (Å²) in [7, 11) is 0. The average molecular weight is 340 g/mol. The molecule has 22 heavy (non-hydrogen) atoms. The summed E-state index contributed by atoms with van der Waals surface area (Å²) in [4.78, 5) is 7.40. The standard InChI is InChI=1S/C16H19ClFN3S/c1-11-4-6-21(7-5-11)15-3-2-12(18)8-14(15)19-9-13-10-20-16(17)22-13/h2-3,8,10-11,19H,4-7,9H2,1H3. The lowest BCUT2D eigenvalue weighted by Crippen LogP contribution is -2.33. The van der Waals surface area contributed by atoms with Crippen LogP contribution in [0.1, 0.15) is 24.6 Å². The summed E-state index contributed by atoms with van der Waals surface area (Å²) in [5.74, 6) is 0.548. The first-order valence-electron chi connectivity index (χ1n) is 7.50. The molecule has 1 saturated heterocycles. The highest BCUT2D eigenvalue weighted by molar-refractivity contribution is 7.15. The third-order valence-corrected chi connectivity index (χ3v) is 5.18. The second-order valence-electron chi connectivity index (χ2n) is 5.76. The summed E-state index contributed by atoms with van der Waals surface area (Å²) in [5.41, 5.74) is 1.91. The molecule has 3 nitrogen and oxygen atoms in total. The van der Waals surface area contributed by atoms with Gasteiger partial charge in [0.15, 0.2) is 4.47 Å². The molecule has 0 aliphatic carbocycles. The maximum atomic E-state index is 13.6. The number of anilines is 2. The summed E-state index contributed by atoms with van der Waals surface area (Å²) in [5, 5.41) is 3.32. The molecule has 1 aliphatic rings. The molecule has 2 aromatic rings. The van der Waals surface area contributed by atoms with Gasteiger partial charge in [-0.15, -0.1) is 11.3 Å². The fourth-order valence-electron chi connectivity index (χ4n) is 2.72. The lowest BCUT2D eigenvalue weighted by molar-refractivity contribution is 0.438. The van der Waals surface area contributed by atoms with E-state index in [9.17, 15) is 4.39 Å². The topological polar surface area (TPSA) is 28.2 Å². The van der Waals surface area contributed by atoms with Gasteiger partial charge in [0.05, 0.1) is 17.9 Å². The van der Waals surface area contributed by atoms with Crippen LogP contribution in [0.25, 0.3) is 0 Å². The zero-order valence-electron chi connectivity index (χ0n) is 12.5. The quantitative estimate of drug-likeness (QED) is 0.868. The minimum absolute atomic E-state index is 0.223. The van der Waals surface area contributed by atoms with E-state index in [0.717, 1.165) is 35.3 Å². The molecular formula is C16H19ClFN3S. The van der Waals surface area contributed by atoms with E-state index in [1.807, 2.05) is 6.07 Å². The van der Waals surface area contributed by atoms with E-state index in [1.54, 1.807) is 12.3 Å². The first-order valence-corrected chi connectivity index (χ1v) is 8.70. The molecule has 0 atom stereocenters. The maximum Gasteiger partial charge on any atom is 0.183 e. The monoisotopic (exact) mass is 339 g/mol. The molecule has 0 unspecified atom stereocenters. The van der Waals surface area contributed by atoms with Crippen LogP contribution in [0.5, 0.6) is 0 Å². The molecule has 0 radical (unpaired) electrons. The fraction of sp³-hybridized carbons (Fsp3) is 0.438. The Morgan fingerprint density at radius 3 is 2.86 bits per heavy atom. The summed E-state index contributed by atoms with van der Waals surface area (Å²) in [6.45, 7) is 4.93. The second kappa shape index (κ2) is 6.84. The SMILES string of the molecule is CC1CCN(c2ccc(F)cc2NCc2cnc(Cl)s2)CC1. The molecule has 1 fully saturated rings. The number of thiazole rings is 1. The average Bonchev–Trinajstić information content (AvgIpc) is 2.92. The van der Waals surface area contributed by atoms with E-state index in [4.69, 9.17) is 11.6 Å². The van der Waals surface area contributed by atoms with Crippen LogP contribution >= 0.6 is 22.9 Å². The Kier molecular flexibility index (Phi) is 4.84. The summed E-state index contributed by atoms with van der Waals surface area (Å²) < 4.78 is 14.1. The Hall–Kier alpha value is -1.33. The van der Waals surface area contributed by atoms with Gasteiger partial charge in [0, 0.05) is 24.2 Å². The lowest BCUT2D eigenvalue weighted by atomic mass is 9.98.